The molecule has 60 valence electrons. The molecular formula is C7H8O4. The molecule has 11 heavy (non-hydrogen) atoms. The summed E-state index contributed by atoms with van der Waals surface area (Å²) in [7, 11) is 0. The lowest BCUT2D eigenvalue weighted by Gasteiger charge is -2.16. The van der Waals surface area contributed by atoms with Gasteiger partial charge in [-0.1, -0.05) is 0 Å². The molecule has 0 N–H and O–H groups in total. The van der Waals surface area contributed by atoms with E-state index in [2.05, 4.69) is 4.74 Å². The van der Waals surface area contributed by atoms with Crippen molar-refractivity contribution in [3.05, 3.63) is 0 Å². The highest BCUT2D eigenvalue weighted by Gasteiger charge is 2.35. The predicted octanol–water partition coefficient (Wildman–Crippen LogP) is -0.292. The summed E-state index contributed by atoms with van der Waals surface area (Å²) in [5, 5.41) is 0. The van der Waals surface area contributed by atoms with Gasteiger partial charge >= 0.3 is 5.97 Å². The number of hydrogen-bond donors (Lipinski definition) is 0. The van der Waals surface area contributed by atoms with Crippen LogP contribution in [0.1, 0.15) is 13.3 Å². The minimum Gasteiger partial charge on any atom is -0.464 e. The first-order valence-electron chi connectivity index (χ1n) is 3.32. The van der Waals surface area contributed by atoms with E-state index in [0.29, 0.717) is 0 Å². The Hall–Kier alpha value is -1.19. The fourth-order valence-electron chi connectivity index (χ4n) is 1.00. The molecule has 4 heteroatoms. The first kappa shape index (κ1) is 7.91. The molecule has 1 aliphatic rings. The molecule has 0 saturated carbocycles. The molecule has 1 rings (SSSR count). The van der Waals surface area contributed by atoms with Crippen LogP contribution < -0.4 is 0 Å². The molecule has 1 saturated heterocycles. The third kappa shape index (κ3) is 1.45. The van der Waals surface area contributed by atoms with Crippen LogP contribution in [-0.4, -0.2) is 24.1 Å². The SMILES string of the molecule is CC(=O)C1C(=O)CCOC1=O. The van der Waals surface area contributed by atoms with Crippen molar-refractivity contribution in [3.8, 4) is 0 Å². The van der Waals surface area contributed by atoms with Crippen molar-refractivity contribution in [3.63, 3.8) is 0 Å². The molecule has 0 aromatic carbocycles. The van der Waals surface area contributed by atoms with Gasteiger partial charge in [-0.05, 0) is 6.92 Å². The van der Waals surface area contributed by atoms with Gasteiger partial charge < -0.3 is 4.74 Å². The lowest BCUT2D eigenvalue weighted by molar-refractivity contribution is -0.160. The topological polar surface area (TPSA) is 60.4 Å². The number of ketones is 2. The summed E-state index contributed by atoms with van der Waals surface area (Å²) in [6, 6.07) is 0. The molecule has 1 aliphatic heterocycles. The van der Waals surface area contributed by atoms with Gasteiger partial charge in [0, 0.05) is 6.42 Å². The number of Topliss-reactive ketones (excluding diaryl/α,β-unsaturated/α-hetero) is 2. The van der Waals surface area contributed by atoms with E-state index < -0.39 is 17.7 Å². The van der Waals surface area contributed by atoms with Gasteiger partial charge in [-0.15, -0.1) is 0 Å². The molecule has 0 aliphatic carbocycles. The summed E-state index contributed by atoms with van der Waals surface area (Å²) in [6.07, 6.45) is 0.163. The van der Waals surface area contributed by atoms with Crippen molar-refractivity contribution in [1.82, 2.24) is 0 Å². The molecule has 1 heterocycles. The Balaban J connectivity index is 2.79. The van der Waals surface area contributed by atoms with Crippen LogP contribution in [0.15, 0.2) is 0 Å². The van der Waals surface area contributed by atoms with Gasteiger partial charge in [0.25, 0.3) is 0 Å². The highest BCUT2D eigenvalue weighted by molar-refractivity contribution is 6.17. The first-order chi connectivity index (χ1) is 5.13. The van der Waals surface area contributed by atoms with Gasteiger partial charge in [0.2, 0.25) is 0 Å². The third-order valence-corrected chi connectivity index (χ3v) is 1.56. The van der Waals surface area contributed by atoms with E-state index in [9.17, 15) is 14.4 Å². The average Bonchev–Trinajstić information content (AvgIpc) is 1.85. The second kappa shape index (κ2) is 2.82. The summed E-state index contributed by atoms with van der Waals surface area (Å²) < 4.78 is 4.54. The smallest absolute Gasteiger partial charge is 0.324 e. The lowest BCUT2D eigenvalue weighted by atomic mass is 9.96. The van der Waals surface area contributed by atoms with E-state index in [1.807, 2.05) is 0 Å². The quantitative estimate of drug-likeness (QED) is 0.386. The Morgan fingerprint density at radius 1 is 1.55 bits per heavy atom. The maximum atomic E-state index is 10.9. The Morgan fingerprint density at radius 3 is 2.55 bits per heavy atom. The number of ether oxygens (including phenoxy) is 1. The summed E-state index contributed by atoms with van der Waals surface area (Å²) in [4.78, 5) is 32.4. The fourth-order valence-corrected chi connectivity index (χ4v) is 1.00. The highest BCUT2D eigenvalue weighted by atomic mass is 16.5. The van der Waals surface area contributed by atoms with Crippen LogP contribution in [0.3, 0.4) is 0 Å². The molecule has 4 nitrogen and oxygen atoms in total. The van der Waals surface area contributed by atoms with Gasteiger partial charge in [0.1, 0.15) is 0 Å². The fraction of sp³-hybridized carbons (Fsp3) is 0.571. The first-order valence-corrected chi connectivity index (χ1v) is 3.32. The summed E-state index contributed by atoms with van der Waals surface area (Å²) in [5.74, 6) is -2.61. The second-order valence-electron chi connectivity index (χ2n) is 2.43. The van der Waals surface area contributed by atoms with Crippen molar-refractivity contribution < 1.29 is 19.1 Å². The van der Waals surface area contributed by atoms with Crippen LogP contribution in [0.4, 0.5) is 0 Å². The van der Waals surface area contributed by atoms with Crippen LogP contribution in [0.2, 0.25) is 0 Å². The number of hydrogen-bond acceptors (Lipinski definition) is 4. The zero-order valence-corrected chi connectivity index (χ0v) is 6.12. The molecule has 0 aromatic heterocycles. The number of carbonyl (C=O) groups is 3. The monoisotopic (exact) mass is 156 g/mol. The minimum absolute atomic E-state index is 0.113. The van der Waals surface area contributed by atoms with E-state index in [4.69, 9.17) is 0 Å². The van der Waals surface area contributed by atoms with Crippen molar-refractivity contribution in [2.75, 3.05) is 6.61 Å². The minimum atomic E-state index is -1.15. The molecule has 1 unspecified atom stereocenters. The molecule has 0 spiro atoms. The zero-order chi connectivity index (χ0) is 8.43. The third-order valence-electron chi connectivity index (χ3n) is 1.56. The average molecular weight is 156 g/mol. The Kier molecular flexibility index (Phi) is 2.03. The summed E-state index contributed by atoms with van der Waals surface area (Å²) >= 11 is 0. The van der Waals surface area contributed by atoms with E-state index in [0.717, 1.165) is 0 Å². The van der Waals surface area contributed by atoms with Crippen molar-refractivity contribution in [2.24, 2.45) is 5.92 Å². The van der Waals surface area contributed by atoms with Gasteiger partial charge in [0.15, 0.2) is 17.5 Å². The van der Waals surface area contributed by atoms with Crippen molar-refractivity contribution in [1.29, 1.82) is 0 Å². The van der Waals surface area contributed by atoms with Gasteiger partial charge in [-0.2, -0.15) is 0 Å². The van der Waals surface area contributed by atoms with Crippen LogP contribution >= 0.6 is 0 Å². The Bertz CT molecular complexity index is 202. The summed E-state index contributed by atoms with van der Waals surface area (Å²) in [6.45, 7) is 1.33. The summed E-state index contributed by atoms with van der Waals surface area (Å²) in [5.41, 5.74) is 0. The van der Waals surface area contributed by atoms with E-state index >= 15 is 0 Å². The molecule has 0 bridgehead atoms. The molecule has 0 aromatic rings. The van der Waals surface area contributed by atoms with Gasteiger partial charge in [-0.25, -0.2) is 0 Å². The van der Waals surface area contributed by atoms with Crippen LogP contribution in [-0.2, 0) is 19.1 Å². The van der Waals surface area contributed by atoms with Crippen LogP contribution in [0.25, 0.3) is 0 Å². The van der Waals surface area contributed by atoms with E-state index in [1.54, 1.807) is 0 Å². The number of carbonyl (C=O) groups excluding carboxylic acids is 3. The standard InChI is InChI=1S/C7H8O4/c1-4(8)6-5(9)2-3-11-7(6)10/h6H,2-3H2,1H3. The molecule has 1 fully saturated rings. The lowest BCUT2D eigenvalue weighted by Crippen LogP contribution is -2.37. The Morgan fingerprint density at radius 2 is 2.18 bits per heavy atom. The second-order valence-corrected chi connectivity index (χ2v) is 2.43. The number of esters is 1. The molecule has 0 amide bonds. The highest BCUT2D eigenvalue weighted by Crippen LogP contribution is 2.11. The maximum absolute atomic E-state index is 10.9. The van der Waals surface area contributed by atoms with Crippen molar-refractivity contribution >= 4 is 17.5 Å². The van der Waals surface area contributed by atoms with Crippen LogP contribution in [0, 0.1) is 5.92 Å². The normalized spacial score (nSPS) is 24.6. The molecule has 0 radical (unpaired) electrons. The van der Waals surface area contributed by atoms with Crippen LogP contribution in [0.5, 0.6) is 0 Å². The van der Waals surface area contributed by atoms with E-state index in [-0.39, 0.29) is 18.8 Å². The predicted molar refractivity (Wildman–Crippen MR) is 34.8 cm³/mol. The van der Waals surface area contributed by atoms with E-state index in [1.165, 1.54) is 6.92 Å². The van der Waals surface area contributed by atoms with Gasteiger partial charge in [-0.3, -0.25) is 14.4 Å². The molecule has 1 atom stereocenters. The number of cyclic esters (lactones) is 1. The Labute approximate surface area is 63.5 Å². The number of rotatable bonds is 1. The maximum Gasteiger partial charge on any atom is 0.324 e. The van der Waals surface area contributed by atoms with Crippen molar-refractivity contribution in [2.45, 2.75) is 13.3 Å². The molecular weight excluding hydrogens is 148 g/mol. The largest absolute Gasteiger partial charge is 0.464 e. The van der Waals surface area contributed by atoms with Gasteiger partial charge in [0.05, 0.1) is 6.61 Å². The zero-order valence-electron chi connectivity index (χ0n) is 6.12.